The molecular weight excluding hydrogens is 454 g/mol. The van der Waals surface area contributed by atoms with E-state index in [1.165, 1.54) is 0 Å². The Labute approximate surface area is 200 Å². The number of halogens is 1. The predicted molar refractivity (Wildman–Crippen MR) is 130 cm³/mol. The van der Waals surface area contributed by atoms with Gasteiger partial charge in [-0.25, -0.2) is 4.79 Å². The molecule has 4 aromatic rings. The lowest BCUT2D eigenvalue weighted by atomic mass is 10.1. The molecule has 0 spiro atoms. The number of carbonyl (C=O) groups excluding carboxylic acids is 2. The van der Waals surface area contributed by atoms with Crippen LogP contribution in [-0.2, 0) is 6.54 Å². The molecule has 0 saturated heterocycles. The molecule has 1 aromatic heterocycles. The van der Waals surface area contributed by atoms with Crippen LogP contribution in [0.15, 0.2) is 72.6 Å². The summed E-state index contributed by atoms with van der Waals surface area (Å²) >= 11 is 5.87. The van der Waals surface area contributed by atoms with E-state index in [1.807, 2.05) is 24.4 Å². The minimum Gasteiger partial charge on any atom is -0.497 e. The van der Waals surface area contributed by atoms with Gasteiger partial charge in [0, 0.05) is 40.3 Å². The van der Waals surface area contributed by atoms with Gasteiger partial charge in [0.15, 0.2) is 5.76 Å². The van der Waals surface area contributed by atoms with Crippen molar-refractivity contribution in [3.05, 3.63) is 94.3 Å². The van der Waals surface area contributed by atoms with Crippen LogP contribution in [0, 0.1) is 0 Å². The molecule has 0 N–H and O–H groups in total. The number of esters is 1. The quantitative estimate of drug-likeness (QED) is 0.197. The lowest BCUT2D eigenvalue weighted by Gasteiger charge is -2.05. The summed E-state index contributed by atoms with van der Waals surface area (Å²) in [5, 5.41) is 1.49. The molecule has 1 aliphatic heterocycles. The average molecular weight is 474 g/mol. The zero-order valence-corrected chi connectivity index (χ0v) is 19.3. The molecular formula is C27H20ClNO5. The number of methoxy groups -OCH3 is 1. The van der Waals surface area contributed by atoms with E-state index in [4.69, 9.17) is 25.8 Å². The fourth-order valence-corrected chi connectivity index (χ4v) is 4.06. The van der Waals surface area contributed by atoms with E-state index in [1.54, 1.807) is 55.7 Å². The molecule has 34 heavy (non-hydrogen) atoms. The number of benzene rings is 3. The fourth-order valence-electron chi connectivity index (χ4n) is 3.93. The Balaban J connectivity index is 1.43. The number of rotatable bonds is 5. The SMILES string of the molecule is CCn1cc(C=C2Oc3cc(OC(=O)c4ccc(Cl)cc4)ccc3C2=O)c2cc(OC)ccc21. The standard InChI is InChI=1S/C27H20ClNO5/c1-3-29-15-17(22-13-19(32-2)9-11-23(22)29)12-25-26(30)21-10-8-20(14-24(21)34-25)33-27(31)16-4-6-18(28)7-5-16/h4-15H,3H2,1-2H3. The van der Waals surface area contributed by atoms with Crippen LogP contribution in [0.3, 0.4) is 0 Å². The number of Topliss-reactive ketones (excluding diaryl/α,β-unsaturated/α-hetero) is 1. The van der Waals surface area contributed by atoms with Gasteiger partial charge in [-0.3, -0.25) is 4.79 Å². The molecule has 170 valence electrons. The van der Waals surface area contributed by atoms with Crippen LogP contribution in [0.2, 0.25) is 5.02 Å². The van der Waals surface area contributed by atoms with E-state index in [-0.39, 0.29) is 17.3 Å². The largest absolute Gasteiger partial charge is 0.497 e. The minimum absolute atomic E-state index is 0.203. The second-order valence-electron chi connectivity index (χ2n) is 7.75. The van der Waals surface area contributed by atoms with Crippen LogP contribution in [0.5, 0.6) is 17.2 Å². The van der Waals surface area contributed by atoms with Crippen LogP contribution in [0.1, 0.15) is 33.2 Å². The Kier molecular flexibility index (Phi) is 5.59. The zero-order valence-electron chi connectivity index (χ0n) is 18.5. The van der Waals surface area contributed by atoms with Gasteiger partial charge in [0.05, 0.1) is 18.2 Å². The maximum atomic E-state index is 13.0. The van der Waals surface area contributed by atoms with Crippen LogP contribution in [0.25, 0.3) is 17.0 Å². The van der Waals surface area contributed by atoms with Crippen LogP contribution < -0.4 is 14.2 Å². The number of ketones is 1. The van der Waals surface area contributed by atoms with Crippen molar-refractivity contribution in [1.82, 2.24) is 4.57 Å². The number of aromatic nitrogens is 1. The Morgan fingerprint density at radius 2 is 1.82 bits per heavy atom. The number of hydrogen-bond acceptors (Lipinski definition) is 5. The van der Waals surface area contributed by atoms with E-state index in [9.17, 15) is 9.59 Å². The van der Waals surface area contributed by atoms with Crippen LogP contribution in [0.4, 0.5) is 0 Å². The molecule has 5 rings (SSSR count). The van der Waals surface area contributed by atoms with Crippen molar-refractivity contribution in [2.45, 2.75) is 13.5 Å². The monoisotopic (exact) mass is 473 g/mol. The highest BCUT2D eigenvalue weighted by atomic mass is 35.5. The van der Waals surface area contributed by atoms with E-state index < -0.39 is 5.97 Å². The smallest absolute Gasteiger partial charge is 0.343 e. The molecule has 2 heterocycles. The third kappa shape index (κ3) is 3.93. The first-order chi connectivity index (χ1) is 16.5. The van der Waals surface area contributed by atoms with Crippen LogP contribution >= 0.6 is 11.6 Å². The second-order valence-corrected chi connectivity index (χ2v) is 8.18. The van der Waals surface area contributed by atoms with Gasteiger partial charge >= 0.3 is 5.97 Å². The summed E-state index contributed by atoms with van der Waals surface area (Å²) in [5.41, 5.74) is 2.66. The van der Waals surface area contributed by atoms with Gasteiger partial charge in [0.1, 0.15) is 17.2 Å². The van der Waals surface area contributed by atoms with Crippen molar-refractivity contribution in [2.24, 2.45) is 0 Å². The molecule has 0 saturated carbocycles. The number of fused-ring (bicyclic) bond motifs is 2. The number of carbonyl (C=O) groups is 2. The Bertz CT molecular complexity index is 1470. The molecule has 0 unspecified atom stereocenters. The van der Waals surface area contributed by atoms with Crippen molar-refractivity contribution in [1.29, 1.82) is 0 Å². The maximum absolute atomic E-state index is 13.0. The summed E-state index contributed by atoms with van der Waals surface area (Å²) in [7, 11) is 1.62. The van der Waals surface area contributed by atoms with Gasteiger partial charge in [-0.05, 0) is 67.6 Å². The minimum atomic E-state index is -0.530. The predicted octanol–water partition coefficient (Wildman–Crippen LogP) is 6.16. The molecule has 0 bridgehead atoms. The summed E-state index contributed by atoms with van der Waals surface area (Å²) in [4.78, 5) is 25.4. The van der Waals surface area contributed by atoms with Crippen molar-refractivity contribution >= 4 is 40.3 Å². The first-order valence-corrected chi connectivity index (χ1v) is 11.1. The van der Waals surface area contributed by atoms with Gasteiger partial charge in [-0.2, -0.15) is 0 Å². The molecule has 0 fully saturated rings. The van der Waals surface area contributed by atoms with Gasteiger partial charge in [0.2, 0.25) is 5.78 Å². The summed E-state index contributed by atoms with van der Waals surface area (Å²) < 4.78 is 18.8. The van der Waals surface area contributed by atoms with Gasteiger partial charge in [-0.1, -0.05) is 11.6 Å². The molecule has 0 aliphatic carbocycles. The molecule has 6 nitrogen and oxygen atoms in total. The lowest BCUT2D eigenvalue weighted by molar-refractivity contribution is 0.0734. The zero-order chi connectivity index (χ0) is 23.8. The summed E-state index contributed by atoms with van der Waals surface area (Å²) in [5.74, 6) is 0.794. The Morgan fingerprint density at radius 1 is 1.06 bits per heavy atom. The van der Waals surface area contributed by atoms with E-state index in [2.05, 4.69) is 11.5 Å². The molecule has 0 atom stereocenters. The van der Waals surface area contributed by atoms with E-state index >= 15 is 0 Å². The van der Waals surface area contributed by atoms with Gasteiger partial charge in [0.25, 0.3) is 0 Å². The Hall–Kier alpha value is -4.03. The summed E-state index contributed by atoms with van der Waals surface area (Å²) in [6.07, 6.45) is 3.71. The van der Waals surface area contributed by atoms with Crippen molar-refractivity contribution in [3.8, 4) is 17.2 Å². The summed E-state index contributed by atoms with van der Waals surface area (Å²) in [6, 6.07) is 17.0. The van der Waals surface area contributed by atoms with Gasteiger partial charge < -0.3 is 18.8 Å². The highest BCUT2D eigenvalue weighted by Gasteiger charge is 2.28. The summed E-state index contributed by atoms with van der Waals surface area (Å²) in [6.45, 7) is 2.84. The first kappa shape index (κ1) is 21.8. The third-order valence-corrected chi connectivity index (χ3v) is 5.93. The molecule has 7 heteroatoms. The fraction of sp³-hybridized carbons (Fsp3) is 0.111. The Morgan fingerprint density at radius 3 is 2.56 bits per heavy atom. The number of nitrogens with zero attached hydrogens (tertiary/aromatic N) is 1. The van der Waals surface area contributed by atoms with Crippen molar-refractivity contribution in [3.63, 3.8) is 0 Å². The maximum Gasteiger partial charge on any atom is 0.343 e. The molecule has 3 aromatic carbocycles. The second kappa shape index (κ2) is 8.72. The lowest BCUT2D eigenvalue weighted by Crippen LogP contribution is -2.08. The number of allylic oxidation sites excluding steroid dienone is 1. The number of aryl methyl sites for hydroxylation is 1. The average Bonchev–Trinajstić information content (AvgIpc) is 3.35. The number of hydrogen-bond donors (Lipinski definition) is 0. The first-order valence-electron chi connectivity index (χ1n) is 10.7. The normalized spacial score (nSPS) is 13.7. The molecule has 0 amide bonds. The van der Waals surface area contributed by atoms with Crippen molar-refractivity contribution < 1.29 is 23.8 Å². The highest BCUT2D eigenvalue weighted by Crippen LogP contribution is 2.36. The topological polar surface area (TPSA) is 66.8 Å². The van der Waals surface area contributed by atoms with E-state index in [0.29, 0.717) is 21.9 Å². The highest BCUT2D eigenvalue weighted by molar-refractivity contribution is 6.30. The van der Waals surface area contributed by atoms with Gasteiger partial charge in [-0.15, -0.1) is 0 Å². The van der Waals surface area contributed by atoms with Crippen LogP contribution in [-0.4, -0.2) is 23.4 Å². The molecule has 0 radical (unpaired) electrons. The third-order valence-electron chi connectivity index (χ3n) is 5.68. The number of ether oxygens (including phenoxy) is 3. The molecule has 1 aliphatic rings. The van der Waals surface area contributed by atoms with Crippen molar-refractivity contribution in [2.75, 3.05) is 7.11 Å². The van der Waals surface area contributed by atoms with E-state index in [0.717, 1.165) is 28.8 Å².